The van der Waals surface area contributed by atoms with Gasteiger partial charge in [-0.15, -0.1) is 0 Å². The Hall–Kier alpha value is -3.44. The van der Waals surface area contributed by atoms with Gasteiger partial charge in [-0.2, -0.15) is 0 Å². The number of pyridine rings is 1. The molecule has 0 aliphatic carbocycles. The van der Waals surface area contributed by atoms with Crippen LogP contribution in [-0.4, -0.2) is 15.0 Å². The highest BCUT2D eigenvalue weighted by molar-refractivity contribution is 6.00. The molecule has 1 aromatic heterocycles. The van der Waals surface area contributed by atoms with Gasteiger partial charge >= 0.3 is 0 Å². The van der Waals surface area contributed by atoms with Crippen LogP contribution in [0.4, 0.5) is 5.69 Å². The standard InChI is InChI=1S/C22H16N2O3.ClH/c1-14-21(15-5-3-2-4-6-15)19-13-17(24(26)27)9-12-20(19)23-22(14)16-7-10-18(25)11-8-16;/h2-13,25H,1H3;1H/p-1. The van der Waals surface area contributed by atoms with E-state index in [9.17, 15) is 15.2 Å². The van der Waals surface area contributed by atoms with Crippen LogP contribution in [0.25, 0.3) is 33.3 Å². The van der Waals surface area contributed by atoms with E-state index in [0.29, 0.717) is 5.52 Å². The third-order valence-corrected chi connectivity index (χ3v) is 4.63. The normalized spacial score (nSPS) is 10.5. The summed E-state index contributed by atoms with van der Waals surface area (Å²) >= 11 is 0. The minimum Gasteiger partial charge on any atom is -1.00 e. The SMILES string of the molecule is Cc1c(-c2ccc(O)cc2)nc2ccc([N+](=O)[O-])cc2c1-c1ccccc1.[Cl-]. The van der Waals surface area contributed by atoms with Crippen LogP contribution in [0.15, 0.2) is 72.8 Å². The van der Waals surface area contributed by atoms with Crippen molar-refractivity contribution in [1.29, 1.82) is 0 Å². The summed E-state index contributed by atoms with van der Waals surface area (Å²) in [6, 6.07) is 21.4. The van der Waals surface area contributed by atoms with Crippen molar-refractivity contribution in [3.05, 3.63) is 88.5 Å². The number of phenols is 1. The minimum atomic E-state index is -0.391. The van der Waals surface area contributed by atoms with Gasteiger partial charge in [0.1, 0.15) is 5.75 Å². The molecule has 0 saturated heterocycles. The van der Waals surface area contributed by atoms with Gasteiger partial charge in [0.25, 0.3) is 5.69 Å². The van der Waals surface area contributed by atoms with Crippen molar-refractivity contribution in [2.24, 2.45) is 0 Å². The zero-order valence-corrected chi connectivity index (χ0v) is 15.7. The molecule has 28 heavy (non-hydrogen) atoms. The molecule has 0 unspecified atom stereocenters. The first kappa shape index (κ1) is 19.3. The summed E-state index contributed by atoms with van der Waals surface area (Å²) in [5, 5.41) is 21.6. The zero-order chi connectivity index (χ0) is 19.0. The fourth-order valence-electron chi connectivity index (χ4n) is 3.34. The Balaban J connectivity index is 0.00000225. The molecule has 0 radical (unpaired) electrons. The van der Waals surface area contributed by atoms with Gasteiger partial charge in [0.2, 0.25) is 0 Å². The van der Waals surface area contributed by atoms with Gasteiger partial charge in [-0.3, -0.25) is 10.1 Å². The Morgan fingerprint density at radius 3 is 2.25 bits per heavy atom. The summed E-state index contributed by atoms with van der Waals surface area (Å²) in [6.07, 6.45) is 0. The number of hydrogen-bond donors (Lipinski definition) is 1. The largest absolute Gasteiger partial charge is 1.00 e. The third-order valence-electron chi connectivity index (χ3n) is 4.63. The van der Waals surface area contributed by atoms with E-state index < -0.39 is 4.92 Å². The number of aromatic nitrogens is 1. The molecular weight excluding hydrogens is 376 g/mol. The molecule has 0 bridgehead atoms. The molecule has 0 aliphatic rings. The lowest BCUT2D eigenvalue weighted by Gasteiger charge is -2.15. The number of benzene rings is 3. The zero-order valence-electron chi connectivity index (χ0n) is 15.0. The molecule has 0 spiro atoms. The second-order valence-corrected chi connectivity index (χ2v) is 6.33. The molecule has 1 heterocycles. The monoisotopic (exact) mass is 391 g/mol. The number of hydrogen-bond acceptors (Lipinski definition) is 4. The number of fused-ring (bicyclic) bond motifs is 1. The average Bonchev–Trinajstić information content (AvgIpc) is 2.68. The number of halogens is 1. The number of non-ortho nitro benzene ring substituents is 1. The molecule has 4 rings (SSSR count). The van der Waals surface area contributed by atoms with E-state index in [1.54, 1.807) is 24.3 Å². The fourth-order valence-corrected chi connectivity index (χ4v) is 3.34. The highest BCUT2D eigenvalue weighted by atomic mass is 35.5. The molecule has 3 aromatic carbocycles. The van der Waals surface area contributed by atoms with E-state index in [1.165, 1.54) is 6.07 Å². The lowest BCUT2D eigenvalue weighted by Crippen LogP contribution is -3.00. The molecule has 5 nitrogen and oxygen atoms in total. The quantitative estimate of drug-likeness (QED) is 0.430. The summed E-state index contributed by atoms with van der Waals surface area (Å²) in [7, 11) is 0. The van der Waals surface area contributed by atoms with Crippen LogP contribution in [0, 0.1) is 17.0 Å². The second kappa shape index (κ2) is 7.66. The molecule has 4 aromatic rings. The van der Waals surface area contributed by atoms with Crippen LogP contribution < -0.4 is 12.4 Å². The van der Waals surface area contributed by atoms with Crippen molar-refractivity contribution in [2.45, 2.75) is 6.92 Å². The van der Waals surface area contributed by atoms with E-state index in [-0.39, 0.29) is 23.8 Å². The van der Waals surface area contributed by atoms with Gasteiger partial charge in [-0.25, -0.2) is 4.98 Å². The molecule has 6 heteroatoms. The molecule has 0 atom stereocenters. The predicted molar refractivity (Wildman–Crippen MR) is 106 cm³/mol. The number of rotatable bonds is 3. The van der Waals surface area contributed by atoms with Crippen molar-refractivity contribution in [3.8, 4) is 28.1 Å². The van der Waals surface area contributed by atoms with E-state index in [1.807, 2.05) is 49.4 Å². The van der Waals surface area contributed by atoms with Crippen LogP contribution in [0.2, 0.25) is 0 Å². The first-order chi connectivity index (χ1) is 13.0. The Labute approximate surface area is 167 Å². The lowest BCUT2D eigenvalue weighted by molar-refractivity contribution is -0.384. The summed E-state index contributed by atoms with van der Waals surface area (Å²) in [4.78, 5) is 15.6. The highest BCUT2D eigenvalue weighted by Gasteiger charge is 2.17. The number of phenolic OH excluding ortho intramolecular Hbond substituents is 1. The Morgan fingerprint density at radius 2 is 1.61 bits per heavy atom. The maximum Gasteiger partial charge on any atom is 0.270 e. The summed E-state index contributed by atoms with van der Waals surface area (Å²) in [6.45, 7) is 1.97. The number of nitrogens with zero attached hydrogens (tertiary/aromatic N) is 2. The Morgan fingerprint density at radius 1 is 0.929 bits per heavy atom. The number of nitro benzene ring substituents is 1. The number of aromatic hydroxyl groups is 1. The van der Waals surface area contributed by atoms with Crippen LogP contribution in [0.5, 0.6) is 5.75 Å². The van der Waals surface area contributed by atoms with Gasteiger partial charge in [0.15, 0.2) is 0 Å². The van der Waals surface area contributed by atoms with Gasteiger partial charge in [0.05, 0.1) is 16.1 Å². The number of nitro groups is 1. The van der Waals surface area contributed by atoms with Gasteiger partial charge in [-0.05, 0) is 53.9 Å². The van der Waals surface area contributed by atoms with E-state index >= 15 is 0 Å². The smallest absolute Gasteiger partial charge is 0.270 e. The molecule has 0 fully saturated rings. The first-order valence-corrected chi connectivity index (χ1v) is 8.48. The molecule has 140 valence electrons. The van der Waals surface area contributed by atoms with Crippen molar-refractivity contribution < 1.29 is 22.4 Å². The molecule has 0 amide bonds. The second-order valence-electron chi connectivity index (χ2n) is 6.33. The molecule has 0 aliphatic heterocycles. The van der Waals surface area contributed by atoms with Gasteiger partial charge < -0.3 is 17.5 Å². The van der Waals surface area contributed by atoms with Crippen molar-refractivity contribution in [1.82, 2.24) is 4.98 Å². The Bertz CT molecular complexity index is 1160. The van der Waals surface area contributed by atoms with Gasteiger partial charge in [-0.1, -0.05) is 30.3 Å². The maximum absolute atomic E-state index is 11.3. The first-order valence-electron chi connectivity index (χ1n) is 8.48. The maximum atomic E-state index is 11.3. The van der Waals surface area contributed by atoms with E-state index in [0.717, 1.165) is 33.3 Å². The van der Waals surface area contributed by atoms with Crippen LogP contribution >= 0.6 is 0 Å². The molecular formula is C22H16ClN2O3-. The van der Waals surface area contributed by atoms with Crippen molar-refractivity contribution in [2.75, 3.05) is 0 Å². The topological polar surface area (TPSA) is 76.3 Å². The summed E-state index contributed by atoms with van der Waals surface area (Å²) in [5.74, 6) is 0.191. The van der Waals surface area contributed by atoms with Gasteiger partial charge in [0, 0.05) is 23.1 Å². The van der Waals surface area contributed by atoms with Crippen LogP contribution in [0.3, 0.4) is 0 Å². The predicted octanol–water partition coefficient (Wildman–Crippen LogP) is 2.50. The third kappa shape index (κ3) is 3.40. The summed E-state index contributed by atoms with van der Waals surface area (Å²) < 4.78 is 0. The van der Waals surface area contributed by atoms with Crippen LogP contribution in [0.1, 0.15) is 5.56 Å². The van der Waals surface area contributed by atoms with Crippen molar-refractivity contribution >= 4 is 16.6 Å². The Kier molecular flexibility index (Phi) is 5.29. The van der Waals surface area contributed by atoms with Crippen molar-refractivity contribution in [3.63, 3.8) is 0 Å². The average molecular weight is 392 g/mol. The van der Waals surface area contributed by atoms with E-state index in [4.69, 9.17) is 4.98 Å². The molecule has 1 N–H and O–H groups in total. The lowest BCUT2D eigenvalue weighted by atomic mass is 9.92. The summed E-state index contributed by atoms with van der Waals surface area (Å²) in [5.41, 5.74) is 5.22. The van der Waals surface area contributed by atoms with Crippen LogP contribution in [-0.2, 0) is 0 Å². The fraction of sp³-hybridized carbons (Fsp3) is 0.0455. The van der Waals surface area contributed by atoms with E-state index in [2.05, 4.69) is 0 Å². The minimum absolute atomic E-state index is 0. The highest BCUT2D eigenvalue weighted by Crippen LogP contribution is 2.37. The molecule has 0 saturated carbocycles.